The molecule has 3 N–H and O–H groups in total. The maximum atomic E-state index is 11.5. The van der Waals surface area contributed by atoms with Crippen molar-refractivity contribution in [3.63, 3.8) is 0 Å². The Labute approximate surface area is 116 Å². The normalized spacial score (nSPS) is 13.9. The van der Waals surface area contributed by atoms with Gasteiger partial charge in [-0.25, -0.2) is 0 Å². The second-order valence-electron chi connectivity index (χ2n) is 4.66. The second-order valence-corrected chi connectivity index (χ2v) is 4.66. The maximum absolute atomic E-state index is 11.5. The minimum absolute atomic E-state index is 0.0421. The van der Waals surface area contributed by atoms with E-state index in [1.165, 1.54) is 0 Å². The molecule has 2 rings (SSSR count). The smallest absolute Gasteiger partial charge is 0.311 e. The van der Waals surface area contributed by atoms with Gasteiger partial charge in [-0.1, -0.05) is 25.1 Å². The summed E-state index contributed by atoms with van der Waals surface area (Å²) in [6.07, 6.45) is 0.609. The van der Waals surface area contributed by atoms with Crippen molar-refractivity contribution >= 4 is 5.97 Å². The van der Waals surface area contributed by atoms with Crippen LogP contribution in [0.3, 0.4) is 0 Å². The van der Waals surface area contributed by atoms with Gasteiger partial charge in [0.1, 0.15) is 0 Å². The molecule has 0 bridgehead atoms. The third kappa shape index (κ3) is 2.53. The quantitative estimate of drug-likeness (QED) is 0.801. The summed E-state index contributed by atoms with van der Waals surface area (Å²) >= 11 is 0. The van der Waals surface area contributed by atoms with Crippen molar-refractivity contribution < 1.29 is 9.90 Å². The molecular formula is C13H17N5O2. The number of hydrogen-bond acceptors (Lipinski definition) is 5. The van der Waals surface area contributed by atoms with Crippen LogP contribution in [-0.4, -0.2) is 37.8 Å². The van der Waals surface area contributed by atoms with Crippen molar-refractivity contribution in [1.29, 1.82) is 0 Å². The van der Waals surface area contributed by atoms with E-state index in [1.54, 1.807) is 11.6 Å². The van der Waals surface area contributed by atoms with Crippen LogP contribution >= 0.6 is 0 Å². The Kier molecular flexibility index (Phi) is 4.09. The lowest BCUT2D eigenvalue weighted by Gasteiger charge is -2.25. The van der Waals surface area contributed by atoms with E-state index >= 15 is 0 Å². The minimum Gasteiger partial charge on any atom is -0.481 e. The first kappa shape index (κ1) is 14.1. The molecule has 1 aromatic carbocycles. The molecule has 2 aromatic rings. The van der Waals surface area contributed by atoms with E-state index in [4.69, 9.17) is 5.73 Å². The lowest BCUT2D eigenvalue weighted by atomic mass is 9.81. The maximum Gasteiger partial charge on any atom is 0.311 e. The molecular weight excluding hydrogens is 258 g/mol. The number of aromatic nitrogens is 4. The summed E-state index contributed by atoms with van der Waals surface area (Å²) in [6.45, 7) is 1.85. The van der Waals surface area contributed by atoms with Gasteiger partial charge in [-0.2, -0.15) is 4.68 Å². The number of aliphatic carboxylic acids is 1. The average Bonchev–Trinajstić information content (AvgIpc) is 2.93. The largest absolute Gasteiger partial charge is 0.481 e. The van der Waals surface area contributed by atoms with Crippen LogP contribution in [0, 0.1) is 5.41 Å². The first-order chi connectivity index (χ1) is 9.63. The molecule has 7 nitrogen and oxygen atoms in total. The fourth-order valence-corrected chi connectivity index (χ4v) is 2.04. The molecule has 1 atom stereocenters. The number of carbonyl (C=O) groups is 1. The van der Waals surface area contributed by atoms with E-state index in [9.17, 15) is 9.90 Å². The van der Waals surface area contributed by atoms with Crippen molar-refractivity contribution in [3.05, 3.63) is 36.2 Å². The third-order valence-electron chi connectivity index (χ3n) is 3.55. The van der Waals surface area contributed by atoms with Crippen LogP contribution in [0.25, 0.3) is 5.69 Å². The molecule has 1 aromatic heterocycles. The van der Waals surface area contributed by atoms with Gasteiger partial charge in [-0.05, 0) is 29.0 Å². The van der Waals surface area contributed by atoms with Crippen LogP contribution in [0.1, 0.15) is 19.2 Å². The zero-order valence-corrected chi connectivity index (χ0v) is 11.2. The van der Waals surface area contributed by atoms with Gasteiger partial charge in [-0.15, -0.1) is 5.10 Å². The van der Waals surface area contributed by atoms with Gasteiger partial charge in [0.15, 0.2) is 5.82 Å². The van der Waals surface area contributed by atoms with Gasteiger partial charge in [0, 0.05) is 13.0 Å². The molecule has 0 spiro atoms. The summed E-state index contributed by atoms with van der Waals surface area (Å²) in [5.41, 5.74) is 5.42. The number of benzene rings is 1. The molecule has 0 aliphatic carbocycles. The number of para-hydroxylation sites is 1. The molecule has 1 unspecified atom stereocenters. The van der Waals surface area contributed by atoms with Crippen LogP contribution in [0.2, 0.25) is 0 Å². The molecule has 0 saturated carbocycles. The van der Waals surface area contributed by atoms with Crippen molar-refractivity contribution in [2.75, 3.05) is 6.54 Å². The topological polar surface area (TPSA) is 107 Å². The van der Waals surface area contributed by atoms with E-state index < -0.39 is 11.4 Å². The van der Waals surface area contributed by atoms with E-state index in [2.05, 4.69) is 15.5 Å². The average molecular weight is 275 g/mol. The summed E-state index contributed by atoms with van der Waals surface area (Å²) in [4.78, 5) is 11.5. The van der Waals surface area contributed by atoms with Gasteiger partial charge in [-0.3, -0.25) is 4.79 Å². The number of carboxylic acid groups (broad SMARTS) is 1. The highest BCUT2D eigenvalue weighted by Crippen LogP contribution is 2.26. The van der Waals surface area contributed by atoms with Crippen LogP contribution in [0.15, 0.2) is 30.3 Å². The minimum atomic E-state index is -1.04. The molecule has 0 saturated heterocycles. The molecule has 0 aliphatic heterocycles. The van der Waals surface area contributed by atoms with Gasteiger partial charge < -0.3 is 10.8 Å². The van der Waals surface area contributed by atoms with Crippen molar-refractivity contribution in [3.8, 4) is 5.69 Å². The lowest BCUT2D eigenvalue weighted by Crippen LogP contribution is -2.40. The van der Waals surface area contributed by atoms with Crippen LogP contribution < -0.4 is 5.73 Å². The van der Waals surface area contributed by atoms with Crippen LogP contribution in [-0.2, 0) is 11.2 Å². The highest BCUT2D eigenvalue weighted by Gasteiger charge is 2.37. The Hall–Kier alpha value is -2.28. The Morgan fingerprint density at radius 1 is 1.40 bits per heavy atom. The van der Waals surface area contributed by atoms with Gasteiger partial charge >= 0.3 is 5.97 Å². The summed E-state index contributed by atoms with van der Waals surface area (Å²) < 4.78 is 1.54. The van der Waals surface area contributed by atoms with Crippen LogP contribution in [0.5, 0.6) is 0 Å². The molecule has 0 radical (unpaired) electrons. The predicted octanol–water partition coefficient (Wildman–Crippen LogP) is 0.644. The van der Waals surface area contributed by atoms with E-state index in [1.807, 2.05) is 30.3 Å². The molecule has 106 valence electrons. The number of rotatable bonds is 6. The molecule has 0 aliphatic rings. The number of hydrogen-bond donors (Lipinski definition) is 2. The Morgan fingerprint density at radius 3 is 2.65 bits per heavy atom. The number of nitrogens with zero attached hydrogens (tertiary/aromatic N) is 4. The molecule has 0 amide bonds. The number of nitrogens with two attached hydrogens (primary N) is 1. The van der Waals surface area contributed by atoms with Crippen LogP contribution in [0.4, 0.5) is 0 Å². The SMILES string of the molecule is CCC(CN)(Cc1nnnn1-c1ccccc1)C(=O)O. The fourth-order valence-electron chi connectivity index (χ4n) is 2.04. The first-order valence-electron chi connectivity index (χ1n) is 6.39. The molecule has 7 heteroatoms. The van der Waals surface area contributed by atoms with E-state index in [0.29, 0.717) is 12.2 Å². The lowest BCUT2D eigenvalue weighted by molar-refractivity contribution is -0.148. The number of carboxylic acids is 1. The predicted molar refractivity (Wildman–Crippen MR) is 72.3 cm³/mol. The Morgan fingerprint density at radius 2 is 2.10 bits per heavy atom. The van der Waals surface area contributed by atoms with Crippen molar-refractivity contribution in [2.24, 2.45) is 11.1 Å². The molecule has 0 fully saturated rings. The monoisotopic (exact) mass is 275 g/mol. The summed E-state index contributed by atoms with van der Waals surface area (Å²) in [5.74, 6) is -0.434. The first-order valence-corrected chi connectivity index (χ1v) is 6.39. The molecule has 1 heterocycles. The standard InChI is InChI=1S/C13H17N5O2/c1-2-13(9-14,12(19)20)8-11-15-16-17-18(11)10-6-4-3-5-7-10/h3-7H,2,8-9,14H2,1H3,(H,19,20). The summed E-state index contributed by atoms with van der Waals surface area (Å²) in [5, 5.41) is 20.9. The second kappa shape index (κ2) is 5.79. The highest BCUT2D eigenvalue weighted by molar-refractivity contribution is 5.75. The zero-order valence-electron chi connectivity index (χ0n) is 11.2. The summed E-state index contributed by atoms with van der Waals surface area (Å²) in [7, 11) is 0. The van der Waals surface area contributed by atoms with Crippen molar-refractivity contribution in [2.45, 2.75) is 19.8 Å². The molecule has 20 heavy (non-hydrogen) atoms. The van der Waals surface area contributed by atoms with Gasteiger partial charge in [0.2, 0.25) is 0 Å². The number of tetrazole rings is 1. The summed E-state index contributed by atoms with van der Waals surface area (Å²) in [6, 6.07) is 9.34. The Balaban J connectivity index is 2.36. The zero-order chi connectivity index (χ0) is 14.6. The Bertz CT molecular complexity index is 577. The third-order valence-corrected chi connectivity index (χ3v) is 3.55. The van der Waals surface area contributed by atoms with Gasteiger partial charge in [0.05, 0.1) is 11.1 Å². The van der Waals surface area contributed by atoms with E-state index in [0.717, 1.165) is 5.69 Å². The van der Waals surface area contributed by atoms with E-state index in [-0.39, 0.29) is 13.0 Å². The highest BCUT2D eigenvalue weighted by atomic mass is 16.4. The van der Waals surface area contributed by atoms with Crippen molar-refractivity contribution in [1.82, 2.24) is 20.2 Å². The van der Waals surface area contributed by atoms with Gasteiger partial charge in [0.25, 0.3) is 0 Å². The fraction of sp³-hybridized carbons (Fsp3) is 0.385.